The minimum absolute atomic E-state index is 0.0843. The van der Waals surface area contributed by atoms with E-state index in [2.05, 4.69) is 10.3 Å². The maximum atomic E-state index is 11.7. The van der Waals surface area contributed by atoms with Crippen LogP contribution in [-0.4, -0.2) is 36.6 Å². The number of H-pyrrole nitrogens is 1. The molecule has 1 heterocycles. The van der Waals surface area contributed by atoms with Crippen LogP contribution in [0.4, 0.5) is 4.79 Å². The average Bonchev–Trinajstić information content (AvgIpc) is 2.45. The number of carbonyl (C=O) groups excluding carboxylic acids is 1. The second-order valence-electron chi connectivity index (χ2n) is 4.42. The van der Waals surface area contributed by atoms with Crippen LogP contribution in [0, 0.1) is 0 Å². The van der Waals surface area contributed by atoms with Crippen molar-refractivity contribution in [2.24, 2.45) is 0 Å². The lowest BCUT2D eigenvalue weighted by Gasteiger charge is -2.16. The summed E-state index contributed by atoms with van der Waals surface area (Å²) in [7, 11) is 3.35. The van der Waals surface area contributed by atoms with Gasteiger partial charge in [0.2, 0.25) is 0 Å². The molecule has 0 atom stereocenters. The number of fused-ring (bicyclic) bond motifs is 1. The number of nitrogens with one attached hydrogen (secondary N) is 2. The van der Waals surface area contributed by atoms with Crippen LogP contribution in [0.5, 0.6) is 0 Å². The number of benzene rings is 1. The number of amides is 2. The monoisotopic (exact) mass is 259 g/mol. The van der Waals surface area contributed by atoms with Gasteiger partial charge in [0.15, 0.2) is 0 Å². The highest BCUT2D eigenvalue weighted by atomic mass is 16.2. The Morgan fingerprint density at radius 3 is 2.68 bits per heavy atom. The van der Waals surface area contributed by atoms with Crippen LogP contribution in [0.1, 0.15) is 5.56 Å². The van der Waals surface area contributed by atoms with Gasteiger partial charge in [0.1, 0.15) is 0 Å². The van der Waals surface area contributed by atoms with Crippen LogP contribution >= 0.6 is 0 Å². The summed E-state index contributed by atoms with van der Waals surface area (Å²) in [5.41, 5.74) is 0.949. The number of nitrogens with zero attached hydrogens (tertiary/aromatic N) is 1. The second-order valence-corrected chi connectivity index (χ2v) is 4.42. The Morgan fingerprint density at radius 1 is 1.32 bits per heavy atom. The molecule has 0 aliphatic carbocycles. The first kappa shape index (κ1) is 13.1. The van der Waals surface area contributed by atoms with Gasteiger partial charge in [0, 0.05) is 32.2 Å². The first-order chi connectivity index (χ1) is 9.13. The summed E-state index contributed by atoms with van der Waals surface area (Å²) < 4.78 is 0. The number of hydrogen-bond donors (Lipinski definition) is 2. The lowest BCUT2D eigenvalue weighted by Crippen LogP contribution is -2.36. The fourth-order valence-electron chi connectivity index (χ4n) is 2.06. The molecule has 0 saturated heterocycles. The first-order valence-corrected chi connectivity index (χ1v) is 6.15. The molecule has 0 unspecified atom stereocenters. The number of rotatable bonds is 3. The fourth-order valence-corrected chi connectivity index (χ4v) is 2.06. The zero-order valence-corrected chi connectivity index (χ0v) is 11.1. The van der Waals surface area contributed by atoms with Crippen LogP contribution in [0.3, 0.4) is 0 Å². The molecule has 2 amide bonds. The van der Waals surface area contributed by atoms with Crippen molar-refractivity contribution >= 4 is 16.8 Å². The summed E-state index contributed by atoms with van der Waals surface area (Å²) in [5, 5.41) is 4.20. The van der Waals surface area contributed by atoms with Crippen LogP contribution in [0.15, 0.2) is 35.3 Å². The van der Waals surface area contributed by atoms with Crippen molar-refractivity contribution in [3.05, 3.63) is 46.4 Å². The molecule has 0 spiro atoms. The predicted molar refractivity (Wildman–Crippen MR) is 75.4 cm³/mol. The predicted octanol–water partition coefficient (Wildman–Crippen LogP) is 1.34. The highest BCUT2D eigenvalue weighted by Crippen LogP contribution is 2.14. The van der Waals surface area contributed by atoms with E-state index in [0.717, 1.165) is 10.9 Å². The van der Waals surface area contributed by atoms with Crippen molar-refractivity contribution in [3.8, 4) is 0 Å². The van der Waals surface area contributed by atoms with Crippen molar-refractivity contribution < 1.29 is 4.79 Å². The standard InChI is InChI=1S/C14H17N3O2/c1-15-14(19)17(2)8-7-10-9-16-13(18)12-6-4-3-5-11(10)12/h3-6,9H,7-8H2,1-2H3,(H,15,19)(H,16,18). The molecule has 0 saturated carbocycles. The number of aromatic amines is 1. The van der Waals surface area contributed by atoms with Crippen LogP contribution in [0.2, 0.25) is 0 Å². The van der Waals surface area contributed by atoms with Gasteiger partial charge >= 0.3 is 6.03 Å². The Bertz CT molecular complexity index is 648. The van der Waals surface area contributed by atoms with Crippen molar-refractivity contribution in [3.63, 3.8) is 0 Å². The van der Waals surface area contributed by atoms with E-state index in [9.17, 15) is 9.59 Å². The molecule has 0 bridgehead atoms. The lowest BCUT2D eigenvalue weighted by molar-refractivity contribution is 0.211. The normalized spacial score (nSPS) is 10.4. The molecule has 100 valence electrons. The minimum Gasteiger partial charge on any atom is -0.341 e. The number of likely N-dealkylation sites (N-methyl/N-ethyl adjacent to an activating group) is 1. The smallest absolute Gasteiger partial charge is 0.316 e. The number of aromatic nitrogens is 1. The van der Waals surface area contributed by atoms with Crippen LogP contribution in [-0.2, 0) is 6.42 Å². The summed E-state index contributed by atoms with van der Waals surface area (Å²) in [5.74, 6) is 0. The van der Waals surface area contributed by atoms with Crippen molar-refractivity contribution in [1.29, 1.82) is 0 Å². The van der Waals surface area contributed by atoms with Gasteiger partial charge in [-0.25, -0.2) is 4.79 Å². The van der Waals surface area contributed by atoms with Gasteiger partial charge < -0.3 is 15.2 Å². The zero-order valence-electron chi connectivity index (χ0n) is 11.1. The molecule has 0 fully saturated rings. The number of pyridine rings is 1. The summed E-state index contributed by atoms with van der Waals surface area (Å²) in [6.07, 6.45) is 2.42. The fraction of sp³-hybridized carbons (Fsp3) is 0.286. The minimum atomic E-state index is -0.117. The van der Waals surface area contributed by atoms with Gasteiger partial charge in [-0.15, -0.1) is 0 Å². The van der Waals surface area contributed by atoms with Gasteiger partial charge in [-0.3, -0.25) is 4.79 Å². The van der Waals surface area contributed by atoms with Gasteiger partial charge in [0.05, 0.1) is 0 Å². The number of carbonyl (C=O) groups is 1. The van der Waals surface area contributed by atoms with E-state index in [1.807, 2.05) is 18.2 Å². The highest BCUT2D eigenvalue weighted by molar-refractivity contribution is 5.84. The van der Waals surface area contributed by atoms with Crippen molar-refractivity contribution in [2.45, 2.75) is 6.42 Å². The molecule has 5 nitrogen and oxygen atoms in total. The third-order valence-corrected chi connectivity index (χ3v) is 3.17. The van der Waals surface area contributed by atoms with Gasteiger partial charge in [-0.05, 0) is 23.4 Å². The van der Waals surface area contributed by atoms with E-state index in [4.69, 9.17) is 0 Å². The van der Waals surface area contributed by atoms with E-state index in [-0.39, 0.29) is 11.6 Å². The quantitative estimate of drug-likeness (QED) is 0.873. The lowest BCUT2D eigenvalue weighted by atomic mass is 10.1. The molecule has 1 aromatic carbocycles. The third-order valence-electron chi connectivity index (χ3n) is 3.17. The molecule has 2 N–H and O–H groups in total. The van der Waals surface area contributed by atoms with Gasteiger partial charge in [0.25, 0.3) is 5.56 Å². The van der Waals surface area contributed by atoms with Crippen molar-refractivity contribution in [2.75, 3.05) is 20.6 Å². The molecule has 0 aliphatic rings. The number of hydrogen-bond acceptors (Lipinski definition) is 2. The first-order valence-electron chi connectivity index (χ1n) is 6.15. The highest BCUT2D eigenvalue weighted by Gasteiger charge is 2.08. The molecule has 1 aromatic heterocycles. The molecule has 5 heteroatoms. The largest absolute Gasteiger partial charge is 0.341 e. The van der Waals surface area contributed by atoms with E-state index < -0.39 is 0 Å². The van der Waals surface area contributed by atoms with Gasteiger partial charge in [-0.2, -0.15) is 0 Å². The van der Waals surface area contributed by atoms with Gasteiger partial charge in [-0.1, -0.05) is 18.2 Å². The molecule has 2 aromatic rings. The summed E-state index contributed by atoms with van der Waals surface area (Å²) in [4.78, 5) is 27.4. The molecular formula is C14H17N3O2. The summed E-state index contributed by atoms with van der Waals surface area (Å²) >= 11 is 0. The van der Waals surface area contributed by atoms with Crippen LogP contribution in [0.25, 0.3) is 10.8 Å². The summed E-state index contributed by atoms with van der Waals surface area (Å²) in [6, 6.07) is 7.37. The Labute approximate surface area is 111 Å². The van der Waals surface area contributed by atoms with E-state index in [0.29, 0.717) is 18.4 Å². The Balaban J connectivity index is 2.24. The third kappa shape index (κ3) is 2.76. The Hall–Kier alpha value is -2.30. The maximum Gasteiger partial charge on any atom is 0.316 e. The van der Waals surface area contributed by atoms with E-state index in [1.165, 1.54) is 0 Å². The molecule has 2 rings (SSSR count). The Morgan fingerprint density at radius 2 is 2.00 bits per heavy atom. The SMILES string of the molecule is CNC(=O)N(C)CCc1c[nH]c(=O)c2ccccc12. The zero-order chi connectivity index (χ0) is 13.8. The van der Waals surface area contributed by atoms with Crippen LogP contribution < -0.4 is 10.9 Å². The topological polar surface area (TPSA) is 65.2 Å². The Kier molecular flexibility index (Phi) is 3.85. The average molecular weight is 259 g/mol. The number of urea groups is 1. The maximum absolute atomic E-state index is 11.7. The molecule has 0 radical (unpaired) electrons. The van der Waals surface area contributed by atoms with E-state index in [1.54, 1.807) is 31.3 Å². The van der Waals surface area contributed by atoms with Crippen molar-refractivity contribution in [1.82, 2.24) is 15.2 Å². The molecular weight excluding hydrogens is 242 g/mol. The molecule has 0 aliphatic heterocycles. The molecule has 19 heavy (non-hydrogen) atoms. The van der Waals surface area contributed by atoms with E-state index >= 15 is 0 Å². The second kappa shape index (κ2) is 5.56. The summed E-state index contributed by atoms with van der Waals surface area (Å²) in [6.45, 7) is 0.593.